The summed E-state index contributed by atoms with van der Waals surface area (Å²) in [6, 6.07) is 9.43. The van der Waals surface area contributed by atoms with Crippen molar-refractivity contribution in [1.82, 2.24) is 0 Å². The number of carbonyl (C=O) groups excluding carboxylic acids is 1. The quantitative estimate of drug-likeness (QED) is 0.718. The van der Waals surface area contributed by atoms with Crippen LogP contribution in [0.1, 0.15) is 6.92 Å². The van der Waals surface area contributed by atoms with Crippen LogP contribution in [0.2, 0.25) is 0 Å². The van der Waals surface area contributed by atoms with Crippen molar-refractivity contribution in [3.05, 3.63) is 42.1 Å². The van der Waals surface area contributed by atoms with E-state index in [1.165, 1.54) is 6.08 Å². The highest BCUT2D eigenvalue weighted by molar-refractivity contribution is 6.01. The molecule has 0 unspecified atom stereocenters. The van der Waals surface area contributed by atoms with Crippen LogP contribution in [-0.2, 0) is 4.79 Å². The Morgan fingerprint density at radius 2 is 1.93 bits per heavy atom. The molecule has 1 amide bonds. The maximum atomic E-state index is 11.5. The third-order valence-electron chi connectivity index (χ3n) is 1.83. The lowest BCUT2D eigenvalue weighted by Crippen LogP contribution is -2.24. The van der Waals surface area contributed by atoms with Crippen molar-refractivity contribution >= 4 is 11.6 Å². The minimum atomic E-state index is -0.115. The second-order valence-electron chi connectivity index (χ2n) is 3.12. The number of benzene rings is 1. The second-order valence-corrected chi connectivity index (χ2v) is 3.12. The monoisotopic (exact) mass is 190 g/mol. The molecule has 3 nitrogen and oxygen atoms in total. The zero-order chi connectivity index (χ0) is 10.6. The molecular weight excluding hydrogens is 176 g/mol. The Morgan fingerprint density at radius 1 is 1.36 bits per heavy atom. The van der Waals surface area contributed by atoms with E-state index in [0.29, 0.717) is 5.70 Å². The van der Waals surface area contributed by atoms with E-state index in [0.717, 1.165) is 5.69 Å². The molecule has 0 bridgehead atoms. The largest absolute Gasteiger partial charge is 0.402 e. The summed E-state index contributed by atoms with van der Waals surface area (Å²) in [7, 11) is 1.72. The van der Waals surface area contributed by atoms with E-state index in [1.54, 1.807) is 18.9 Å². The number of nitrogens with two attached hydrogens (primary N) is 1. The summed E-state index contributed by atoms with van der Waals surface area (Å²) < 4.78 is 0. The van der Waals surface area contributed by atoms with E-state index < -0.39 is 0 Å². The average molecular weight is 190 g/mol. The topological polar surface area (TPSA) is 46.3 Å². The molecule has 0 spiro atoms. The molecule has 0 aliphatic heterocycles. The van der Waals surface area contributed by atoms with Gasteiger partial charge in [0.25, 0.3) is 5.91 Å². The summed E-state index contributed by atoms with van der Waals surface area (Å²) in [6.45, 7) is 1.69. The van der Waals surface area contributed by atoms with Crippen molar-refractivity contribution in [3.8, 4) is 0 Å². The van der Waals surface area contributed by atoms with E-state index >= 15 is 0 Å². The molecule has 14 heavy (non-hydrogen) atoms. The van der Waals surface area contributed by atoms with Crippen molar-refractivity contribution in [3.63, 3.8) is 0 Å². The minimum Gasteiger partial charge on any atom is -0.402 e. The van der Waals surface area contributed by atoms with Gasteiger partial charge in [-0.05, 0) is 19.1 Å². The van der Waals surface area contributed by atoms with Crippen molar-refractivity contribution in [2.45, 2.75) is 6.92 Å². The molecule has 0 aliphatic rings. The van der Waals surface area contributed by atoms with Gasteiger partial charge in [-0.1, -0.05) is 18.2 Å². The van der Waals surface area contributed by atoms with Crippen LogP contribution in [0.3, 0.4) is 0 Å². The van der Waals surface area contributed by atoms with Crippen molar-refractivity contribution < 1.29 is 4.79 Å². The Bertz CT molecular complexity index is 340. The molecule has 0 aromatic heterocycles. The van der Waals surface area contributed by atoms with Gasteiger partial charge in [-0.25, -0.2) is 0 Å². The highest BCUT2D eigenvalue weighted by Gasteiger charge is 2.06. The first-order valence-electron chi connectivity index (χ1n) is 4.38. The Hall–Kier alpha value is -1.77. The normalized spacial score (nSPS) is 11.1. The number of rotatable bonds is 2. The number of nitrogens with zero attached hydrogens (tertiary/aromatic N) is 1. The van der Waals surface area contributed by atoms with Crippen molar-refractivity contribution in [2.24, 2.45) is 5.73 Å². The van der Waals surface area contributed by atoms with E-state index in [-0.39, 0.29) is 5.91 Å². The lowest BCUT2D eigenvalue weighted by molar-refractivity contribution is -0.113. The molecule has 0 fully saturated rings. The predicted octanol–water partition coefficient (Wildman–Crippen LogP) is 1.51. The van der Waals surface area contributed by atoms with Gasteiger partial charge in [0, 0.05) is 24.5 Å². The number of anilines is 1. The smallest absolute Gasteiger partial charge is 0.252 e. The lowest BCUT2D eigenvalue weighted by Gasteiger charge is -2.14. The first-order chi connectivity index (χ1) is 6.61. The molecule has 0 heterocycles. The van der Waals surface area contributed by atoms with Gasteiger partial charge in [0.05, 0.1) is 0 Å². The zero-order valence-electron chi connectivity index (χ0n) is 8.40. The van der Waals surface area contributed by atoms with Crippen LogP contribution in [0.4, 0.5) is 5.69 Å². The molecule has 0 radical (unpaired) electrons. The summed E-state index contributed by atoms with van der Waals surface area (Å²) >= 11 is 0. The van der Waals surface area contributed by atoms with Crippen LogP contribution in [0, 0.1) is 0 Å². The Morgan fingerprint density at radius 3 is 2.43 bits per heavy atom. The van der Waals surface area contributed by atoms with Crippen LogP contribution < -0.4 is 10.6 Å². The minimum absolute atomic E-state index is 0.115. The SMILES string of the molecule is C/C(N)=C/C(=O)N(C)c1ccccc1. The van der Waals surface area contributed by atoms with Crippen LogP contribution in [-0.4, -0.2) is 13.0 Å². The third-order valence-corrected chi connectivity index (χ3v) is 1.83. The number of amides is 1. The number of hydrogen-bond acceptors (Lipinski definition) is 2. The third kappa shape index (κ3) is 2.62. The van der Waals surface area contributed by atoms with E-state index in [9.17, 15) is 4.79 Å². The van der Waals surface area contributed by atoms with Crippen molar-refractivity contribution in [2.75, 3.05) is 11.9 Å². The summed E-state index contributed by atoms with van der Waals surface area (Å²) in [4.78, 5) is 13.1. The molecule has 74 valence electrons. The molecule has 0 aliphatic carbocycles. The highest BCUT2D eigenvalue weighted by atomic mass is 16.2. The van der Waals surface area contributed by atoms with Gasteiger partial charge in [-0.15, -0.1) is 0 Å². The van der Waals surface area contributed by atoms with Crippen LogP contribution in [0.15, 0.2) is 42.1 Å². The molecule has 0 atom stereocenters. The zero-order valence-corrected chi connectivity index (χ0v) is 8.40. The van der Waals surface area contributed by atoms with Crippen molar-refractivity contribution in [1.29, 1.82) is 0 Å². The molecule has 0 saturated carbocycles. The van der Waals surface area contributed by atoms with Gasteiger partial charge in [0.15, 0.2) is 0 Å². The molecule has 0 saturated heterocycles. The fourth-order valence-corrected chi connectivity index (χ4v) is 1.07. The van der Waals surface area contributed by atoms with Gasteiger partial charge in [-0.2, -0.15) is 0 Å². The van der Waals surface area contributed by atoms with Gasteiger partial charge in [0.2, 0.25) is 0 Å². The maximum absolute atomic E-state index is 11.5. The van der Waals surface area contributed by atoms with E-state index in [4.69, 9.17) is 5.73 Å². The summed E-state index contributed by atoms with van der Waals surface area (Å²) in [5, 5.41) is 0. The molecule has 3 heteroatoms. The van der Waals surface area contributed by atoms with Crippen LogP contribution in [0.25, 0.3) is 0 Å². The standard InChI is InChI=1S/C11H14N2O/c1-9(12)8-11(14)13(2)10-6-4-3-5-7-10/h3-8H,12H2,1-2H3/b9-8-. The fourth-order valence-electron chi connectivity index (χ4n) is 1.07. The van der Waals surface area contributed by atoms with Gasteiger partial charge in [0.1, 0.15) is 0 Å². The molecule has 1 rings (SSSR count). The number of para-hydroxylation sites is 1. The first-order valence-corrected chi connectivity index (χ1v) is 4.38. The van der Waals surface area contributed by atoms with Crippen LogP contribution in [0.5, 0.6) is 0 Å². The van der Waals surface area contributed by atoms with E-state index in [2.05, 4.69) is 0 Å². The Balaban J connectivity index is 2.81. The number of carbonyl (C=O) groups is 1. The summed E-state index contributed by atoms with van der Waals surface area (Å²) in [5.74, 6) is -0.115. The first kappa shape index (κ1) is 10.3. The maximum Gasteiger partial charge on any atom is 0.252 e. The molecule has 1 aromatic carbocycles. The van der Waals surface area contributed by atoms with Crippen LogP contribution >= 0.6 is 0 Å². The highest BCUT2D eigenvalue weighted by Crippen LogP contribution is 2.11. The van der Waals surface area contributed by atoms with Gasteiger partial charge >= 0.3 is 0 Å². The van der Waals surface area contributed by atoms with E-state index in [1.807, 2.05) is 30.3 Å². The molecular formula is C11H14N2O. The summed E-state index contributed by atoms with van der Waals surface area (Å²) in [5.41, 5.74) is 6.79. The van der Waals surface area contributed by atoms with Gasteiger partial charge < -0.3 is 10.6 Å². The Labute approximate surface area is 83.8 Å². The average Bonchev–Trinajstić information content (AvgIpc) is 2.17. The molecule has 1 aromatic rings. The summed E-state index contributed by atoms with van der Waals surface area (Å²) in [6.07, 6.45) is 1.41. The predicted molar refractivity (Wildman–Crippen MR) is 57.8 cm³/mol. The number of hydrogen-bond donors (Lipinski definition) is 1. The molecule has 2 N–H and O–H groups in total. The number of likely N-dealkylation sites (N-methyl/N-ethyl adjacent to an activating group) is 1. The Kier molecular flexibility index (Phi) is 3.29. The number of allylic oxidation sites excluding steroid dienone is 1. The van der Waals surface area contributed by atoms with Gasteiger partial charge in [-0.3, -0.25) is 4.79 Å². The fraction of sp³-hybridized carbons (Fsp3) is 0.182. The lowest BCUT2D eigenvalue weighted by atomic mass is 10.3. The second kappa shape index (κ2) is 4.46.